The number of benzene rings is 1. The van der Waals surface area contributed by atoms with Crippen molar-refractivity contribution in [3.8, 4) is 11.5 Å². The van der Waals surface area contributed by atoms with Crippen molar-refractivity contribution in [1.29, 1.82) is 0 Å². The lowest BCUT2D eigenvalue weighted by molar-refractivity contribution is -0.272. The third-order valence-corrected chi connectivity index (χ3v) is 20.1. The Bertz CT molecular complexity index is 3190. The monoisotopic (exact) mass is 1830 g/mol. The van der Waals surface area contributed by atoms with Crippen LogP contribution in [0, 0.1) is 0 Å². The Morgan fingerprint density at radius 2 is 0.661 bits per heavy atom. The first kappa shape index (κ1) is 107. The number of carbonyl (C=O) groups excluding carboxylic acids is 11. The minimum Gasteiger partial charge on any atom is -0.484 e. The molecular weight excluding hydrogens is 1710 g/mol. The average molecular weight is 1830 g/mol. The van der Waals surface area contributed by atoms with E-state index in [0.717, 1.165) is 62.8 Å². The van der Waals surface area contributed by atoms with E-state index in [1.807, 2.05) is 0 Å². The molecule has 0 aromatic heterocycles. The van der Waals surface area contributed by atoms with Crippen LogP contribution in [0.4, 0.5) is 0 Å². The molecule has 0 spiro atoms. The van der Waals surface area contributed by atoms with Crippen LogP contribution in [-0.2, 0) is 126 Å². The van der Waals surface area contributed by atoms with Gasteiger partial charge in [-0.2, -0.15) is 0 Å². The molecular formula is C71H118N11O40PS. The Balaban J connectivity index is 1.30. The molecule has 4 aliphatic heterocycles. The molecule has 5 rings (SSSR count). The predicted octanol–water partition coefficient (Wildman–Crippen LogP) is -13.5. The van der Waals surface area contributed by atoms with Gasteiger partial charge in [0.15, 0.2) is 38.4 Å². The summed E-state index contributed by atoms with van der Waals surface area (Å²) in [5, 5.41) is 145. The van der Waals surface area contributed by atoms with E-state index in [4.69, 9.17) is 87.2 Å². The number of nitrogens with one attached hydrogen (secondary N) is 9. The molecule has 708 valence electrons. The van der Waals surface area contributed by atoms with Gasteiger partial charge in [-0.3, -0.25) is 52.7 Å². The van der Waals surface area contributed by atoms with E-state index in [9.17, 15) is 119 Å². The topological polar surface area (TPSA) is 713 Å². The number of hydrogen-bond acceptors (Lipinski definition) is 40. The summed E-state index contributed by atoms with van der Waals surface area (Å²) in [4.78, 5) is 156. The zero-order valence-corrected chi connectivity index (χ0v) is 70.6. The number of aliphatic hydroxyl groups is 12. The lowest BCUT2D eigenvalue weighted by atomic mass is 9.97. The Hall–Kier alpha value is -7.44. The van der Waals surface area contributed by atoms with Crippen LogP contribution in [-0.4, -0.2) is 455 Å². The molecule has 21 unspecified atom stereocenters. The molecule has 4 saturated heterocycles. The highest BCUT2D eigenvalue weighted by Gasteiger charge is 2.49. The number of nitrogens with zero attached hydrogens (tertiary/aromatic N) is 2. The van der Waals surface area contributed by atoms with Crippen LogP contribution >= 0.6 is 6.72 Å². The standard InChI is InChI=1S/C71H118N11O40PS/c1-38(87)77-55-63(101)59(97)45(32-83)119-68(55)112-21-17-108-13-8-72-49(91)28-81(29-50(92)73-9-14-109-18-22-113-69-56(78-39(2)88)64(102)60(98)46(33-84)120-69)53(95)36-116-43-25-42(67(105)76-7-6-12-118-123(106,124)107-5)26-44(27-43)117-37-54(96)82(30-51(93)74-10-15-110-19-23-114-70-57(79-40(3)89)65(103)61(99)47(34-85)121-70)31-52(94)75-11-16-111-20-24-115-71-58(80-41(4)90)66(104)62(100)48(35-86)122-71/h25-27,45-48,55-66,68-71,83-86,97-104H,6-24,28-37H2,1-5H3,(H,72,91)(H,73,92)(H,74,93)(H,75,94)(H,76,105)(H,77,87)(H,78,88)(H,79,89)(H,80,90)(H,106,124). The third-order valence-electron chi connectivity index (χ3n) is 18.3. The van der Waals surface area contributed by atoms with Crippen LogP contribution in [0.1, 0.15) is 44.5 Å². The van der Waals surface area contributed by atoms with E-state index in [1.165, 1.54) is 0 Å². The lowest BCUT2D eigenvalue weighted by Gasteiger charge is -2.42. The molecule has 11 amide bonds. The van der Waals surface area contributed by atoms with Crippen molar-refractivity contribution in [2.24, 2.45) is 0 Å². The number of rotatable bonds is 57. The Morgan fingerprint density at radius 3 is 0.911 bits per heavy atom. The van der Waals surface area contributed by atoms with E-state index >= 15 is 0 Å². The molecule has 0 bridgehead atoms. The van der Waals surface area contributed by atoms with Gasteiger partial charge in [0.1, 0.15) is 135 Å². The quantitative estimate of drug-likeness (QED) is 0.0213. The molecule has 51 nitrogen and oxygen atoms in total. The summed E-state index contributed by atoms with van der Waals surface area (Å²) < 4.78 is 88.7. The SMILES string of the molecule is COP(O)(=S)OCCCNC(=O)c1cc(OCC(=O)N(CC(=O)NCCOCCOC2OC(CO)C(O)C(O)C2NC(C)=O)CC(=O)NCCOCCOC2OC(CO)C(O)C(O)C2NC(C)=O)cc(OCC(=O)N(CC(=O)NCCOCCOC2OC(CO)C(O)C(O)C2NC(C)=O)CC(=O)NCCOCCOC2OC(CO)C(O)C(O)C2NC(C)=O)c1. The second-order valence-corrected chi connectivity index (χ2v) is 30.9. The van der Waals surface area contributed by atoms with Gasteiger partial charge in [-0.25, -0.2) is 0 Å². The normalized spacial score (nSPS) is 26.6. The van der Waals surface area contributed by atoms with Gasteiger partial charge in [0, 0.05) is 79.2 Å². The first-order valence-electron chi connectivity index (χ1n) is 39.3. The predicted molar refractivity (Wildman–Crippen MR) is 418 cm³/mol. The fourth-order valence-electron chi connectivity index (χ4n) is 12.1. The van der Waals surface area contributed by atoms with E-state index in [1.54, 1.807) is 0 Å². The zero-order valence-electron chi connectivity index (χ0n) is 68.9. The summed E-state index contributed by atoms with van der Waals surface area (Å²) in [6.45, 7) is -10.2. The van der Waals surface area contributed by atoms with Gasteiger partial charge in [0.2, 0.25) is 47.3 Å². The molecule has 53 heteroatoms. The summed E-state index contributed by atoms with van der Waals surface area (Å²) in [6, 6.07) is -1.54. The number of ether oxygens (including phenoxy) is 14. The van der Waals surface area contributed by atoms with Gasteiger partial charge in [0.25, 0.3) is 17.7 Å². The van der Waals surface area contributed by atoms with Gasteiger partial charge in [-0.1, -0.05) is 0 Å². The molecule has 4 aliphatic rings. The average Bonchev–Trinajstić information content (AvgIpc) is 0.818. The smallest absolute Gasteiger partial charge is 0.324 e. The number of carbonyl (C=O) groups is 11. The van der Waals surface area contributed by atoms with E-state index in [2.05, 4.69) is 47.9 Å². The summed E-state index contributed by atoms with van der Waals surface area (Å²) in [5.74, 6) is -9.16. The summed E-state index contributed by atoms with van der Waals surface area (Å²) in [6.07, 6.45) is -22.9. The molecule has 4 heterocycles. The number of aliphatic hydroxyl groups excluding tert-OH is 12. The largest absolute Gasteiger partial charge is 0.484 e. The van der Waals surface area contributed by atoms with Gasteiger partial charge in [-0.05, 0) is 30.4 Å². The van der Waals surface area contributed by atoms with Crippen LogP contribution in [0.2, 0.25) is 0 Å². The van der Waals surface area contributed by atoms with Crippen LogP contribution < -0.4 is 57.3 Å². The van der Waals surface area contributed by atoms with Crippen molar-refractivity contribution in [1.82, 2.24) is 57.7 Å². The molecule has 0 saturated carbocycles. The number of amides is 11. The van der Waals surface area contributed by atoms with Crippen LogP contribution in [0.25, 0.3) is 0 Å². The van der Waals surface area contributed by atoms with E-state index in [-0.39, 0.29) is 142 Å². The molecule has 22 N–H and O–H groups in total. The van der Waals surface area contributed by atoms with E-state index < -0.39 is 260 Å². The fourth-order valence-corrected chi connectivity index (χ4v) is 12.8. The minimum atomic E-state index is -3.59. The first-order chi connectivity index (χ1) is 59.0. The molecule has 21 atom stereocenters. The fraction of sp³-hybridized carbons (Fsp3) is 0.761. The number of hydrogen-bond donors (Lipinski definition) is 22. The van der Waals surface area contributed by atoms with Crippen molar-refractivity contribution in [2.75, 3.05) is 192 Å². The van der Waals surface area contributed by atoms with Crippen molar-refractivity contribution in [3.63, 3.8) is 0 Å². The molecule has 1 aromatic rings. The van der Waals surface area contributed by atoms with Crippen molar-refractivity contribution in [2.45, 2.75) is 157 Å². The summed E-state index contributed by atoms with van der Waals surface area (Å²) in [5.41, 5.74) is -0.235. The highest BCUT2D eigenvalue weighted by Crippen LogP contribution is 2.42. The minimum absolute atomic E-state index is 0.0748. The zero-order chi connectivity index (χ0) is 91.6. The summed E-state index contributed by atoms with van der Waals surface area (Å²) in [7, 11) is 1.14. The molecule has 0 radical (unpaired) electrons. The highest BCUT2D eigenvalue weighted by atomic mass is 32.5. The lowest BCUT2D eigenvalue weighted by Crippen LogP contribution is -2.64. The maximum Gasteiger partial charge on any atom is 0.324 e. The second kappa shape index (κ2) is 56.7. The Labute approximate surface area is 716 Å². The third kappa shape index (κ3) is 37.5. The van der Waals surface area contributed by atoms with Gasteiger partial charge in [-0.15, -0.1) is 0 Å². The summed E-state index contributed by atoms with van der Waals surface area (Å²) >= 11 is 4.87. The highest BCUT2D eigenvalue weighted by molar-refractivity contribution is 8.07. The second-order valence-electron chi connectivity index (χ2n) is 27.9. The maximum absolute atomic E-state index is 14.3. The van der Waals surface area contributed by atoms with Gasteiger partial charge >= 0.3 is 6.72 Å². The molecule has 0 aliphatic carbocycles. The first-order valence-corrected chi connectivity index (χ1v) is 41.8. The molecule has 124 heavy (non-hydrogen) atoms. The van der Waals surface area contributed by atoms with Gasteiger partial charge in [0.05, 0.1) is 112 Å². The van der Waals surface area contributed by atoms with Crippen molar-refractivity contribution in [3.05, 3.63) is 23.8 Å². The Kier molecular flexibility index (Phi) is 49.0. The van der Waals surface area contributed by atoms with Crippen LogP contribution in [0.3, 0.4) is 0 Å². The van der Waals surface area contributed by atoms with Gasteiger partial charge < -0.3 is 199 Å². The molecule has 4 fully saturated rings. The van der Waals surface area contributed by atoms with Crippen LogP contribution in [0.15, 0.2) is 18.2 Å². The maximum atomic E-state index is 14.3. The van der Waals surface area contributed by atoms with Crippen molar-refractivity contribution >= 4 is 83.5 Å². The van der Waals surface area contributed by atoms with Crippen molar-refractivity contribution < 1.29 is 194 Å². The van der Waals surface area contributed by atoms with E-state index in [0.29, 0.717) is 0 Å². The Morgan fingerprint density at radius 1 is 0.387 bits per heavy atom. The van der Waals surface area contributed by atoms with Crippen LogP contribution in [0.5, 0.6) is 11.5 Å². The molecule has 1 aromatic carbocycles.